The Balaban J connectivity index is 1.91. The molecule has 0 saturated heterocycles. The number of aliphatic carboxylic acids is 1. The number of carboxylic acid groups (broad SMARTS) is 1. The maximum atomic E-state index is 12.9. The molecular weight excluding hydrogens is 339 g/mol. The number of halogens is 2. The maximum Gasteiger partial charge on any atom is 0.341 e. The first-order chi connectivity index (χ1) is 11.0. The molecule has 2 aliphatic rings. The molecule has 4 nitrogen and oxygen atoms in total. The largest absolute Gasteiger partial charge is 0.480 e. The number of benzene rings is 1. The Kier molecular flexibility index (Phi) is 4.83. The molecule has 0 bridgehead atoms. The van der Waals surface area contributed by atoms with Crippen LogP contribution in [0.15, 0.2) is 6.07 Å². The molecule has 0 heterocycles. The van der Waals surface area contributed by atoms with Gasteiger partial charge in [-0.1, -0.05) is 36.0 Å². The summed E-state index contributed by atoms with van der Waals surface area (Å²) >= 11 is 12.5. The Labute approximate surface area is 144 Å². The number of rotatable bonds is 4. The molecule has 0 radical (unpaired) electrons. The van der Waals surface area contributed by atoms with Crippen molar-refractivity contribution in [3.05, 3.63) is 27.2 Å². The first kappa shape index (κ1) is 16.6. The number of carbonyl (C=O) groups is 2. The molecular formula is C17H18Cl2O4. The van der Waals surface area contributed by atoms with E-state index < -0.39 is 12.6 Å². The van der Waals surface area contributed by atoms with E-state index in [2.05, 4.69) is 0 Å². The fourth-order valence-electron chi connectivity index (χ4n) is 3.80. The lowest BCUT2D eigenvalue weighted by atomic mass is 9.75. The Morgan fingerprint density at radius 3 is 2.57 bits per heavy atom. The molecule has 0 aromatic heterocycles. The van der Waals surface area contributed by atoms with Gasteiger partial charge in [-0.3, -0.25) is 4.79 Å². The summed E-state index contributed by atoms with van der Waals surface area (Å²) in [7, 11) is 0. The van der Waals surface area contributed by atoms with Gasteiger partial charge in [0.05, 0.1) is 5.02 Å². The first-order valence-electron chi connectivity index (χ1n) is 7.88. The molecule has 1 atom stereocenters. The summed E-state index contributed by atoms with van der Waals surface area (Å²) in [6.07, 6.45) is 6.15. The van der Waals surface area contributed by atoms with Gasteiger partial charge in [0.15, 0.2) is 12.4 Å². The smallest absolute Gasteiger partial charge is 0.341 e. The van der Waals surface area contributed by atoms with Gasteiger partial charge in [-0.25, -0.2) is 4.79 Å². The van der Waals surface area contributed by atoms with Crippen LogP contribution in [0.2, 0.25) is 10.0 Å². The molecule has 1 N–H and O–H groups in total. The van der Waals surface area contributed by atoms with Crippen molar-refractivity contribution in [3.8, 4) is 5.75 Å². The molecule has 1 fully saturated rings. The number of hydrogen-bond donors (Lipinski definition) is 1. The van der Waals surface area contributed by atoms with Gasteiger partial charge in [-0.2, -0.15) is 0 Å². The van der Waals surface area contributed by atoms with Gasteiger partial charge in [0, 0.05) is 11.5 Å². The van der Waals surface area contributed by atoms with Crippen molar-refractivity contribution >= 4 is 35.0 Å². The van der Waals surface area contributed by atoms with E-state index in [1.54, 1.807) is 6.07 Å². The SMILES string of the molecule is O=C(O)COc1cc2c(c(Cl)c1Cl)C(=O)C(C1CCCC1)CC2. The van der Waals surface area contributed by atoms with Gasteiger partial charge in [0.1, 0.15) is 10.8 Å². The number of ketones is 1. The summed E-state index contributed by atoms with van der Waals surface area (Å²) in [5.41, 5.74) is 1.31. The highest BCUT2D eigenvalue weighted by atomic mass is 35.5. The molecule has 1 aromatic rings. The van der Waals surface area contributed by atoms with Crippen molar-refractivity contribution in [2.24, 2.45) is 11.8 Å². The second-order valence-corrected chi connectivity index (χ2v) is 7.03. The fourth-order valence-corrected chi connectivity index (χ4v) is 4.31. The summed E-state index contributed by atoms with van der Waals surface area (Å²) in [5, 5.41) is 9.03. The van der Waals surface area contributed by atoms with E-state index in [1.807, 2.05) is 0 Å². The highest BCUT2D eigenvalue weighted by molar-refractivity contribution is 6.45. The Hall–Kier alpha value is -1.26. The monoisotopic (exact) mass is 356 g/mol. The Bertz CT molecular complexity index is 650. The lowest BCUT2D eigenvalue weighted by molar-refractivity contribution is -0.139. The minimum atomic E-state index is -1.09. The summed E-state index contributed by atoms with van der Waals surface area (Å²) in [4.78, 5) is 23.5. The van der Waals surface area contributed by atoms with Crippen molar-refractivity contribution in [3.63, 3.8) is 0 Å². The van der Waals surface area contributed by atoms with Gasteiger partial charge in [-0.15, -0.1) is 0 Å². The summed E-state index contributed by atoms with van der Waals surface area (Å²) in [6.45, 7) is -0.493. The average molecular weight is 357 g/mol. The van der Waals surface area contributed by atoms with Crippen molar-refractivity contribution in [1.82, 2.24) is 0 Å². The third-order valence-electron chi connectivity index (χ3n) is 4.88. The van der Waals surface area contributed by atoms with Gasteiger partial charge < -0.3 is 9.84 Å². The highest BCUT2D eigenvalue weighted by Gasteiger charge is 2.37. The van der Waals surface area contributed by atoms with Crippen LogP contribution in [0.25, 0.3) is 0 Å². The van der Waals surface area contributed by atoms with Crippen LogP contribution in [0.3, 0.4) is 0 Å². The molecule has 2 aliphatic carbocycles. The second-order valence-electron chi connectivity index (χ2n) is 6.27. The molecule has 1 aromatic carbocycles. The topological polar surface area (TPSA) is 63.6 Å². The van der Waals surface area contributed by atoms with E-state index in [-0.39, 0.29) is 27.5 Å². The van der Waals surface area contributed by atoms with E-state index in [9.17, 15) is 9.59 Å². The molecule has 23 heavy (non-hydrogen) atoms. The third-order valence-corrected chi connectivity index (χ3v) is 5.73. The van der Waals surface area contributed by atoms with Crippen LogP contribution in [-0.2, 0) is 11.2 Å². The molecule has 1 saturated carbocycles. The van der Waals surface area contributed by atoms with Crippen LogP contribution >= 0.6 is 23.2 Å². The fraction of sp³-hybridized carbons (Fsp3) is 0.529. The number of carbonyl (C=O) groups excluding carboxylic acids is 1. The molecule has 0 amide bonds. The standard InChI is InChI=1S/C17H18Cl2O4/c18-15-12(23-8-13(20)21)7-10-5-6-11(9-3-1-2-4-9)17(22)14(10)16(15)19/h7,9,11H,1-6,8H2,(H,20,21). The van der Waals surface area contributed by atoms with E-state index in [0.717, 1.165) is 31.2 Å². The second kappa shape index (κ2) is 6.70. The molecule has 124 valence electrons. The molecule has 6 heteroatoms. The summed E-state index contributed by atoms with van der Waals surface area (Å²) < 4.78 is 5.18. The molecule has 1 unspecified atom stereocenters. The number of ether oxygens (including phenoxy) is 1. The van der Waals surface area contributed by atoms with E-state index >= 15 is 0 Å². The highest BCUT2D eigenvalue weighted by Crippen LogP contribution is 2.44. The third kappa shape index (κ3) is 3.20. The van der Waals surface area contributed by atoms with Gasteiger partial charge in [0.25, 0.3) is 0 Å². The van der Waals surface area contributed by atoms with Crippen molar-refractivity contribution in [2.45, 2.75) is 38.5 Å². The maximum absolute atomic E-state index is 12.9. The van der Waals surface area contributed by atoms with Crippen LogP contribution in [0, 0.1) is 11.8 Å². The predicted octanol–water partition coefficient (Wildman–Crippen LogP) is 4.39. The zero-order chi connectivity index (χ0) is 16.6. The van der Waals surface area contributed by atoms with Crippen LogP contribution in [0.5, 0.6) is 5.75 Å². The summed E-state index contributed by atoms with van der Waals surface area (Å²) in [6, 6.07) is 1.66. The number of carboxylic acids is 1. The zero-order valence-electron chi connectivity index (χ0n) is 12.6. The van der Waals surface area contributed by atoms with E-state index in [1.165, 1.54) is 12.8 Å². The Morgan fingerprint density at radius 1 is 1.22 bits per heavy atom. The average Bonchev–Trinajstić information content (AvgIpc) is 3.03. The number of hydrogen-bond acceptors (Lipinski definition) is 3. The number of aryl methyl sites for hydroxylation is 1. The van der Waals surface area contributed by atoms with Crippen molar-refractivity contribution < 1.29 is 19.4 Å². The van der Waals surface area contributed by atoms with Crippen LogP contribution in [0.4, 0.5) is 0 Å². The minimum absolute atomic E-state index is 0.0318. The van der Waals surface area contributed by atoms with Gasteiger partial charge in [0.2, 0.25) is 0 Å². The van der Waals surface area contributed by atoms with Crippen molar-refractivity contribution in [1.29, 1.82) is 0 Å². The molecule has 3 rings (SSSR count). The van der Waals surface area contributed by atoms with E-state index in [0.29, 0.717) is 11.5 Å². The quantitative estimate of drug-likeness (QED) is 0.868. The number of Topliss-reactive ketones (excluding diaryl/α,β-unsaturated/α-hetero) is 1. The van der Waals surface area contributed by atoms with Crippen LogP contribution < -0.4 is 4.74 Å². The lowest BCUT2D eigenvalue weighted by Gasteiger charge is -2.29. The van der Waals surface area contributed by atoms with Gasteiger partial charge in [-0.05, 0) is 43.2 Å². The zero-order valence-corrected chi connectivity index (χ0v) is 14.1. The molecule has 0 spiro atoms. The van der Waals surface area contributed by atoms with Gasteiger partial charge >= 0.3 is 5.97 Å². The van der Waals surface area contributed by atoms with E-state index in [4.69, 9.17) is 33.0 Å². The number of fused-ring (bicyclic) bond motifs is 1. The van der Waals surface area contributed by atoms with Crippen LogP contribution in [0.1, 0.15) is 48.0 Å². The normalized spacial score (nSPS) is 21.3. The lowest BCUT2D eigenvalue weighted by Crippen LogP contribution is -2.28. The summed E-state index contributed by atoms with van der Waals surface area (Å²) in [5.74, 6) is -0.301. The minimum Gasteiger partial charge on any atom is -0.480 e. The van der Waals surface area contributed by atoms with Crippen LogP contribution in [-0.4, -0.2) is 23.5 Å². The first-order valence-corrected chi connectivity index (χ1v) is 8.64. The predicted molar refractivity (Wildman–Crippen MR) is 87.7 cm³/mol. The van der Waals surface area contributed by atoms with Crippen molar-refractivity contribution in [2.75, 3.05) is 6.61 Å². The molecule has 0 aliphatic heterocycles. The Morgan fingerprint density at radius 2 is 1.91 bits per heavy atom.